The van der Waals surface area contributed by atoms with Gasteiger partial charge in [0.1, 0.15) is 16.9 Å². The summed E-state index contributed by atoms with van der Waals surface area (Å²) in [5.74, 6) is -1.49. The third kappa shape index (κ3) is 4.48. The summed E-state index contributed by atoms with van der Waals surface area (Å²) < 4.78 is 11.8. The first kappa shape index (κ1) is 22.6. The number of carboxylic acids is 1. The van der Waals surface area contributed by atoms with E-state index in [1.807, 2.05) is 19.9 Å². The van der Waals surface area contributed by atoms with Crippen molar-refractivity contribution in [2.45, 2.75) is 52.4 Å². The molecule has 1 aromatic carbocycles. The third-order valence-corrected chi connectivity index (χ3v) is 6.20. The number of aliphatic carboxylic acids is 1. The molecule has 0 fully saturated rings. The van der Waals surface area contributed by atoms with Crippen molar-refractivity contribution in [3.8, 4) is 0 Å². The Labute approximate surface area is 189 Å². The van der Waals surface area contributed by atoms with E-state index >= 15 is 0 Å². The van der Waals surface area contributed by atoms with Crippen molar-refractivity contribution in [1.29, 1.82) is 0 Å². The zero-order valence-corrected chi connectivity index (χ0v) is 18.6. The summed E-state index contributed by atoms with van der Waals surface area (Å²) in [4.78, 5) is 46.7. The number of fused-ring (bicyclic) bond motifs is 4. The molecule has 0 bridgehead atoms. The lowest BCUT2D eigenvalue weighted by Crippen LogP contribution is -2.42. The lowest BCUT2D eigenvalue weighted by atomic mass is 9.93. The van der Waals surface area contributed by atoms with Crippen LogP contribution in [-0.4, -0.2) is 30.9 Å². The monoisotopic (exact) mass is 453 g/mol. The molecular formula is C24H25N2O7-. The van der Waals surface area contributed by atoms with E-state index in [2.05, 4.69) is 10.6 Å². The van der Waals surface area contributed by atoms with Crippen molar-refractivity contribution in [1.82, 2.24) is 10.6 Å². The predicted octanol–water partition coefficient (Wildman–Crippen LogP) is 0.950. The summed E-state index contributed by atoms with van der Waals surface area (Å²) >= 11 is 0. The van der Waals surface area contributed by atoms with Gasteiger partial charge in [-0.2, -0.15) is 0 Å². The van der Waals surface area contributed by atoms with E-state index in [0.717, 1.165) is 58.9 Å². The summed E-state index contributed by atoms with van der Waals surface area (Å²) in [5.41, 5.74) is 3.95. The van der Waals surface area contributed by atoms with Gasteiger partial charge in [0.05, 0.1) is 19.1 Å². The molecule has 0 atom stereocenters. The summed E-state index contributed by atoms with van der Waals surface area (Å²) in [6, 6.07) is 2.02. The predicted molar refractivity (Wildman–Crippen MR) is 118 cm³/mol. The molecular weight excluding hydrogens is 428 g/mol. The van der Waals surface area contributed by atoms with Crippen LogP contribution in [0.15, 0.2) is 19.7 Å². The Kier molecular flexibility index (Phi) is 6.22. The number of carbonyl (C=O) groups excluding carboxylic acids is 3. The molecule has 0 radical (unpaired) electrons. The number of hydrogen-bond acceptors (Lipinski definition) is 7. The zero-order chi connectivity index (χ0) is 23.7. The van der Waals surface area contributed by atoms with Crippen molar-refractivity contribution in [2.75, 3.05) is 13.1 Å². The first-order chi connectivity index (χ1) is 15.8. The Balaban J connectivity index is 1.55. The van der Waals surface area contributed by atoms with Gasteiger partial charge in [-0.15, -0.1) is 0 Å². The summed E-state index contributed by atoms with van der Waals surface area (Å²) in [5, 5.41) is 16.7. The molecule has 9 nitrogen and oxygen atoms in total. The van der Waals surface area contributed by atoms with Gasteiger partial charge in [-0.3, -0.25) is 9.59 Å². The second kappa shape index (κ2) is 9.09. The van der Waals surface area contributed by atoms with Crippen LogP contribution in [0.1, 0.15) is 47.3 Å². The lowest BCUT2D eigenvalue weighted by molar-refractivity contribution is -0.304. The van der Waals surface area contributed by atoms with Crippen LogP contribution < -0.4 is 21.4 Å². The van der Waals surface area contributed by atoms with Crippen molar-refractivity contribution in [3.05, 3.63) is 44.5 Å². The molecule has 0 aliphatic heterocycles. The zero-order valence-electron chi connectivity index (χ0n) is 18.6. The Hall–Kier alpha value is -3.62. The van der Waals surface area contributed by atoms with Crippen LogP contribution in [0.4, 0.5) is 0 Å². The van der Waals surface area contributed by atoms with Gasteiger partial charge in [-0.25, -0.2) is 4.79 Å². The fraction of sp³-hybridized carbons (Fsp3) is 0.417. The number of rotatable bonds is 7. The highest BCUT2D eigenvalue weighted by molar-refractivity contribution is 6.00. The van der Waals surface area contributed by atoms with Gasteiger partial charge in [-0.05, 0) is 51.2 Å². The molecule has 33 heavy (non-hydrogen) atoms. The minimum absolute atomic E-state index is 0.0206. The van der Waals surface area contributed by atoms with Gasteiger partial charge >= 0.3 is 5.63 Å². The Morgan fingerprint density at radius 3 is 2.39 bits per heavy atom. The minimum Gasteiger partial charge on any atom is -0.548 e. The molecule has 2 heterocycles. The fourth-order valence-corrected chi connectivity index (χ4v) is 4.45. The van der Waals surface area contributed by atoms with Crippen LogP contribution in [-0.2, 0) is 33.6 Å². The van der Waals surface area contributed by atoms with Crippen molar-refractivity contribution in [2.24, 2.45) is 0 Å². The highest BCUT2D eigenvalue weighted by Crippen LogP contribution is 2.37. The quantitative estimate of drug-likeness (QED) is 0.507. The summed E-state index contributed by atoms with van der Waals surface area (Å²) in [6.07, 6.45) is 4.22. The first-order valence-electron chi connectivity index (χ1n) is 11.0. The number of benzene rings is 1. The Morgan fingerprint density at radius 1 is 0.939 bits per heavy atom. The molecule has 2 amide bonds. The van der Waals surface area contributed by atoms with Gasteiger partial charge in [0.15, 0.2) is 0 Å². The molecule has 3 aromatic rings. The molecule has 1 aliphatic rings. The fourth-order valence-electron chi connectivity index (χ4n) is 4.45. The van der Waals surface area contributed by atoms with Crippen molar-refractivity contribution >= 4 is 39.7 Å². The number of furan rings is 1. The molecule has 2 N–H and O–H groups in total. The molecule has 0 saturated carbocycles. The largest absolute Gasteiger partial charge is 0.548 e. The van der Waals surface area contributed by atoms with Gasteiger partial charge in [0.25, 0.3) is 0 Å². The number of hydrogen-bond donors (Lipinski definition) is 2. The number of nitrogens with one attached hydrogen (secondary N) is 2. The van der Waals surface area contributed by atoms with Crippen LogP contribution in [0.25, 0.3) is 21.9 Å². The number of carboxylic acid groups (broad SMARTS) is 1. The second-order valence-corrected chi connectivity index (χ2v) is 8.38. The Bertz CT molecular complexity index is 1330. The topological polar surface area (TPSA) is 142 Å². The van der Waals surface area contributed by atoms with Crippen molar-refractivity contribution < 1.29 is 28.3 Å². The molecule has 0 spiro atoms. The maximum absolute atomic E-state index is 12.7. The minimum atomic E-state index is -1.42. The SMILES string of the molecule is Cc1c(CCC(=O)NCC(=O)NCC(=O)[O-])c(=O)oc2c(C)c3oc4c(c3cc12)CCCC4. The van der Waals surface area contributed by atoms with E-state index in [4.69, 9.17) is 8.83 Å². The maximum atomic E-state index is 12.7. The molecule has 9 heteroatoms. The maximum Gasteiger partial charge on any atom is 0.339 e. The molecule has 174 valence electrons. The van der Waals surface area contributed by atoms with E-state index in [-0.39, 0.29) is 19.4 Å². The van der Waals surface area contributed by atoms with Crippen molar-refractivity contribution in [3.63, 3.8) is 0 Å². The lowest BCUT2D eigenvalue weighted by Gasteiger charge is -2.11. The molecule has 0 unspecified atom stereocenters. The van der Waals surface area contributed by atoms with Crippen LogP contribution in [0.2, 0.25) is 0 Å². The molecule has 4 rings (SSSR count). The summed E-state index contributed by atoms with van der Waals surface area (Å²) in [6.45, 7) is 2.75. The third-order valence-electron chi connectivity index (χ3n) is 6.20. The van der Waals surface area contributed by atoms with E-state index in [1.165, 1.54) is 5.56 Å². The van der Waals surface area contributed by atoms with Gasteiger partial charge < -0.3 is 29.4 Å². The average molecular weight is 453 g/mol. The normalized spacial score (nSPS) is 13.2. The Morgan fingerprint density at radius 2 is 1.64 bits per heavy atom. The standard InChI is InChI=1S/C24H26N2O7/c1-12-14(7-8-19(27)25-10-20(28)26-11-21(29)30)24(31)33-22-13(2)23-17(9-16(12)22)15-5-3-4-6-18(15)32-23/h9H,3-8,10-11H2,1-2H3,(H,25,27)(H,26,28)(H,29,30)/p-1. The van der Waals surface area contributed by atoms with E-state index in [1.54, 1.807) is 0 Å². The molecule has 1 aliphatic carbocycles. The molecule has 2 aromatic heterocycles. The number of carbonyl (C=O) groups is 3. The van der Waals surface area contributed by atoms with Crippen LogP contribution in [0.5, 0.6) is 0 Å². The highest BCUT2D eigenvalue weighted by atomic mass is 16.4. The second-order valence-electron chi connectivity index (χ2n) is 8.38. The average Bonchev–Trinajstić information content (AvgIpc) is 3.16. The highest BCUT2D eigenvalue weighted by Gasteiger charge is 2.23. The van der Waals surface area contributed by atoms with Crippen LogP contribution in [0, 0.1) is 13.8 Å². The van der Waals surface area contributed by atoms with Crippen LogP contribution in [0.3, 0.4) is 0 Å². The van der Waals surface area contributed by atoms with Gasteiger partial charge in [0.2, 0.25) is 11.8 Å². The number of aryl methyl sites for hydroxylation is 4. The smallest absolute Gasteiger partial charge is 0.339 e. The van der Waals surface area contributed by atoms with E-state index in [0.29, 0.717) is 11.1 Å². The summed E-state index contributed by atoms with van der Waals surface area (Å²) in [7, 11) is 0. The van der Waals surface area contributed by atoms with E-state index < -0.39 is 30.0 Å². The first-order valence-corrected chi connectivity index (χ1v) is 11.0. The number of amides is 2. The van der Waals surface area contributed by atoms with Gasteiger partial charge in [-0.1, -0.05) is 0 Å². The van der Waals surface area contributed by atoms with Crippen LogP contribution >= 0.6 is 0 Å². The van der Waals surface area contributed by atoms with E-state index in [9.17, 15) is 24.3 Å². The van der Waals surface area contributed by atoms with Gasteiger partial charge in [0, 0.05) is 40.3 Å². The molecule has 0 saturated heterocycles.